The predicted octanol–water partition coefficient (Wildman–Crippen LogP) is 3.35. The predicted molar refractivity (Wildman–Crippen MR) is 122 cm³/mol. The van der Waals surface area contributed by atoms with Crippen molar-refractivity contribution >= 4 is 32.5 Å². The van der Waals surface area contributed by atoms with Crippen LogP contribution in [0.1, 0.15) is 29.0 Å². The van der Waals surface area contributed by atoms with E-state index in [1.807, 2.05) is 0 Å². The first-order valence-electron chi connectivity index (χ1n) is 9.90. The standard InChI is InChI=1S/C23H19FN4O4S/c1-14(20-4-2-3-11-25-20)26-23(30)19-13-22(29)27-21-10-9-17(12-18(19)21)33(31,32)28-16-7-5-15(24)6-8-16/h2-14,28H,1H3,(H,26,30)(H,27,29)/t14-/m1/s1. The van der Waals surface area contributed by atoms with Gasteiger partial charge in [-0.3, -0.25) is 19.3 Å². The van der Waals surface area contributed by atoms with Crippen LogP contribution in [0.15, 0.2) is 82.6 Å². The number of hydrogen-bond donors (Lipinski definition) is 3. The maximum Gasteiger partial charge on any atom is 0.261 e. The topological polar surface area (TPSA) is 121 Å². The van der Waals surface area contributed by atoms with Gasteiger partial charge in [0, 0.05) is 28.9 Å². The highest BCUT2D eigenvalue weighted by atomic mass is 32.2. The number of aromatic amines is 1. The van der Waals surface area contributed by atoms with E-state index in [0.29, 0.717) is 11.2 Å². The van der Waals surface area contributed by atoms with E-state index in [9.17, 15) is 22.4 Å². The number of halogens is 1. The SMILES string of the molecule is C[C@@H](NC(=O)c1cc(=O)[nH]c2ccc(S(=O)(=O)Nc3ccc(F)cc3)cc12)c1ccccn1. The van der Waals surface area contributed by atoms with Crippen LogP contribution in [0, 0.1) is 5.82 Å². The highest BCUT2D eigenvalue weighted by Gasteiger charge is 2.20. The molecule has 3 N–H and O–H groups in total. The number of aromatic nitrogens is 2. The Hall–Kier alpha value is -4.05. The van der Waals surface area contributed by atoms with Gasteiger partial charge in [-0.1, -0.05) is 6.07 Å². The Labute approximate surface area is 188 Å². The normalized spacial score (nSPS) is 12.3. The molecule has 0 aliphatic heterocycles. The van der Waals surface area contributed by atoms with Gasteiger partial charge >= 0.3 is 0 Å². The molecule has 10 heteroatoms. The van der Waals surface area contributed by atoms with Crippen molar-refractivity contribution in [3.8, 4) is 0 Å². The molecule has 33 heavy (non-hydrogen) atoms. The smallest absolute Gasteiger partial charge is 0.261 e. The third kappa shape index (κ3) is 4.90. The Morgan fingerprint density at radius 1 is 1.06 bits per heavy atom. The lowest BCUT2D eigenvalue weighted by molar-refractivity contribution is 0.0940. The first-order valence-corrected chi connectivity index (χ1v) is 11.4. The number of nitrogens with zero attached hydrogens (tertiary/aromatic N) is 1. The van der Waals surface area contributed by atoms with E-state index in [2.05, 4.69) is 20.0 Å². The number of carbonyl (C=O) groups excluding carboxylic acids is 1. The van der Waals surface area contributed by atoms with Crippen LogP contribution >= 0.6 is 0 Å². The van der Waals surface area contributed by atoms with Gasteiger partial charge < -0.3 is 10.3 Å². The van der Waals surface area contributed by atoms with E-state index in [1.165, 1.54) is 30.3 Å². The van der Waals surface area contributed by atoms with Crippen LogP contribution in [0.25, 0.3) is 10.9 Å². The number of nitrogens with one attached hydrogen (secondary N) is 3. The number of pyridine rings is 2. The minimum absolute atomic E-state index is 0.0235. The molecule has 0 bridgehead atoms. The molecule has 4 aromatic rings. The molecule has 2 aromatic carbocycles. The van der Waals surface area contributed by atoms with E-state index in [-0.39, 0.29) is 21.5 Å². The molecular weight excluding hydrogens is 447 g/mol. The Morgan fingerprint density at radius 3 is 2.52 bits per heavy atom. The second-order valence-corrected chi connectivity index (χ2v) is 9.00. The van der Waals surface area contributed by atoms with Crippen LogP contribution in [0.3, 0.4) is 0 Å². The van der Waals surface area contributed by atoms with Crippen molar-refractivity contribution in [2.45, 2.75) is 17.9 Å². The summed E-state index contributed by atoms with van der Waals surface area (Å²) in [5.41, 5.74) is 0.638. The molecule has 2 heterocycles. The van der Waals surface area contributed by atoms with Crippen LogP contribution in [0.2, 0.25) is 0 Å². The van der Waals surface area contributed by atoms with Crippen molar-refractivity contribution in [1.29, 1.82) is 0 Å². The minimum atomic E-state index is -4.04. The van der Waals surface area contributed by atoms with Crippen LogP contribution < -0.4 is 15.6 Å². The number of anilines is 1. The van der Waals surface area contributed by atoms with Gasteiger partial charge in [0.2, 0.25) is 5.56 Å². The van der Waals surface area contributed by atoms with Gasteiger partial charge in [-0.05, 0) is 61.5 Å². The minimum Gasteiger partial charge on any atom is -0.344 e. The Bertz CT molecular complexity index is 1490. The van der Waals surface area contributed by atoms with Gasteiger partial charge in [-0.15, -0.1) is 0 Å². The van der Waals surface area contributed by atoms with Crippen LogP contribution in [-0.4, -0.2) is 24.3 Å². The van der Waals surface area contributed by atoms with Crippen molar-refractivity contribution in [3.63, 3.8) is 0 Å². The fourth-order valence-corrected chi connectivity index (χ4v) is 4.38. The summed E-state index contributed by atoms with van der Waals surface area (Å²) < 4.78 is 41.2. The summed E-state index contributed by atoms with van der Waals surface area (Å²) in [6.07, 6.45) is 1.60. The van der Waals surface area contributed by atoms with Crippen LogP contribution in [-0.2, 0) is 10.0 Å². The first-order chi connectivity index (χ1) is 15.7. The highest BCUT2D eigenvalue weighted by molar-refractivity contribution is 7.92. The number of rotatable bonds is 6. The molecule has 0 saturated heterocycles. The second-order valence-electron chi connectivity index (χ2n) is 7.32. The number of carbonyl (C=O) groups is 1. The molecule has 8 nitrogen and oxygen atoms in total. The Kier molecular flexibility index (Phi) is 5.93. The summed E-state index contributed by atoms with van der Waals surface area (Å²) in [4.78, 5) is 31.8. The van der Waals surface area contributed by atoms with E-state index >= 15 is 0 Å². The van der Waals surface area contributed by atoms with Crippen molar-refractivity contribution in [3.05, 3.63) is 100 Å². The Morgan fingerprint density at radius 2 is 1.82 bits per heavy atom. The average Bonchev–Trinajstić information content (AvgIpc) is 2.80. The van der Waals surface area contributed by atoms with Crippen molar-refractivity contribution in [2.24, 2.45) is 0 Å². The molecule has 4 rings (SSSR count). The van der Waals surface area contributed by atoms with Gasteiger partial charge in [0.15, 0.2) is 0 Å². The van der Waals surface area contributed by atoms with Crippen LogP contribution in [0.5, 0.6) is 0 Å². The van der Waals surface area contributed by atoms with E-state index in [1.54, 1.807) is 31.3 Å². The van der Waals surface area contributed by atoms with Crippen LogP contribution in [0.4, 0.5) is 10.1 Å². The van der Waals surface area contributed by atoms with Crippen molar-refractivity contribution in [1.82, 2.24) is 15.3 Å². The lowest BCUT2D eigenvalue weighted by atomic mass is 10.1. The summed E-state index contributed by atoms with van der Waals surface area (Å²) in [6.45, 7) is 1.75. The molecule has 168 valence electrons. The number of amides is 1. The molecule has 0 aliphatic rings. The molecule has 0 spiro atoms. The summed E-state index contributed by atoms with van der Waals surface area (Å²) in [6, 6.07) is 14.9. The zero-order chi connectivity index (χ0) is 23.6. The third-order valence-electron chi connectivity index (χ3n) is 4.94. The maximum absolute atomic E-state index is 13.1. The molecular formula is C23H19FN4O4S. The molecule has 2 aromatic heterocycles. The van der Waals surface area contributed by atoms with Gasteiger partial charge in [-0.2, -0.15) is 0 Å². The van der Waals surface area contributed by atoms with Crippen molar-refractivity contribution < 1.29 is 17.6 Å². The maximum atomic E-state index is 13.1. The third-order valence-corrected chi connectivity index (χ3v) is 6.32. The van der Waals surface area contributed by atoms with Gasteiger partial charge in [0.05, 0.1) is 22.2 Å². The van der Waals surface area contributed by atoms with Gasteiger partial charge in [-0.25, -0.2) is 12.8 Å². The fraction of sp³-hybridized carbons (Fsp3) is 0.0870. The summed E-state index contributed by atoms with van der Waals surface area (Å²) in [5.74, 6) is -1.05. The zero-order valence-electron chi connectivity index (χ0n) is 17.4. The molecule has 0 radical (unpaired) electrons. The lowest BCUT2D eigenvalue weighted by Gasteiger charge is -2.15. The monoisotopic (exact) mass is 466 g/mol. The van der Waals surface area contributed by atoms with Crippen molar-refractivity contribution in [2.75, 3.05) is 4.72 Å². The van der Waals surface area contributed by atoms with E-state index in [4.69, 9.17) is 0 Å². The van der Waals surface area contributed by atoms with E-state index in [0.717, 1.165) is 18.2 Å². The van der Waals surface area contributed by atoms with Gasteiger partial charge in [0.25, 0.3) is 15.9 Å². The molecule has 1 amide bonds. The number of hydrogen-bond acceptors (Lipinski definition) is 5. The van der Waals surface area contributed by atoms with Gasteiger partial charge in [0.1, 0.15) is 5.82 Å². The zero-order valence-corrected chi connectivity index (χ0v) is 18.2. The molecule has 0 unspecified atom stereocenters. The fourth-order valence-electron chi connectivity index (χ4n) is 3.30. The summed E-state index contributed by atoms with van der Waals surface area (Å²) in [7, 11) is -4.04. The van der Waals surface area contributed by atoms with E-state index < -0.39 is 33.3 Å². The molecule has 0 aliphatic carbocycles. The highest BCUT2D eigenvalue weighted by Crippen LogP contribution is 2.23. The number of fused-ring (bicyclic) bond motifs is 1. The lowest BCUT2D eigenvalue weighted by Crippen LogP contribution is -2.28. The average molecular weight is 466 g/mol. The summed E-state index contributed by atoms with van der Waals surface area (Å²) >= 11 is 0. The summed E-state index contributed by atoms with van der Waals surface area (Å²) in [5, 5.41) is 3.03. The molecule has 1 atom stereocenters. The quantitative estimate of drug-likeness (QED) is 0.402. The molecule has 0 saturated carbocycles. The second kappa shape index (κ2) is 8.83. The number of H-pyrrole nitrogens is 1. The first kappa shape index (κ1) is 22.2. The largest absolute Gasteiger partial charge is 0.344 e. The molecule has 0 fully saturated rings. The number of sulfonamides is 1. The Balaban J connectivity index is 1.70. The number of benzene rings is 2.